The second kappa shape index (κ2) is 20.7. The van der Waals surface area contributed by atoms with Crippen molar-refractivity contribution >= 4 is 78.2 Å². The summed E-state index contributed by atoms with van der Waals surface area (Å²) in [6.07, 6.45) is 14.2. The molecule has 14 nitrogen and oxygen atoms in total. The lowest BCUT2D eigenvalue weighted by atomic mass is 9.87. The van der Waals surface area contributed by atoms with Crippen molar-refractivity contribution in [3.63, 3.8) is 0 Å². The van der Waals surface area contributed by atoms with Crippen LogP contribution in [0.2, 0.25) is 10.0 Å². The Morgan fingerprint density at radius 3 is 1.59 bits per heavy atom. The third-order valence-electron chi connectivity index (χ3n) is 16.6. The van der Waals surface area contributed by atoms with Crippen LogP contribution in [0, 0.1) is 11.6 Å². The number of nitrogens with zero attached hydrogens (tertiary/aromatic N) is 9. The van der Waals surface area contributed by atoms with Gasteiger partial charge in [0.1, 0.15) is 40.7 Å². The number of hydrogen-bond acceptors (Lipinski definition) is 14. The van der Waals surface area contributed by atoms with E-state index in [0.717, 1.165) is 99.3 Å². The van der Waals surface area contributed by atoms with Gasteiger partial charge in [0, 0.05) is 108 Å². The third kappa shape index (κ3) is 9.17. The summed E-state index contributed by atoms with van der Waals surface area (Å²) >= 11 is 13.1. The molecule has 0 saturated carbocycles. The summed E-state index contributed by atoms with van der Waals surface area (Å²) < 4.78 is 44.9. The first-order chi connectivity index (χ1) is 37.2. The number of nitrogens with one attached hydrogen (secondary N) is 2. The van der Waals surface area contributed by atoms with E-state index in [1.165, 1.54) is 19.3 Å². The first kappa shape index (κ1) is 49.4. The Morgan fingerprint density at radius 2 is 1.08 bits per heavy atom. The molecule has 6 saturated heterocycles. The number of benzene rings is 4. The molecular formula is C58H59Cl2F2N11O3. The van der Waals surface area contributed by atoms with Gasteiger partial charge in [0.2, 0.25) is 0 Å². The minimum Gasteiger partial charge on any atom is -0.463 e. The van der Waals surface area contributed by atoms with E-state index in [0.29, 0.717) is 80.8 Å². The summed E-state index contributed by atoms with van der Waals surface area (Å²) in [5, 5.41) is 22.1. The maximum absolute atomic E-state index is 16.6. The molecule has 18 heteroatoms. The van der Waals surface area contributed by atoms with E-state index in [1.54, 1.807) is 18.5 Å². The molecule has 4 aromatic carbocycles. The maximum Gasteiger partial charge on any atom is 0.319 e. The Hall–Kier alpha value is -6.14. The number of aromatic nitrogens is 6. The van der Waals surface area contributed by atoms with Gasteiger partial charge in [-0.2, -0.15) is 19.9 Å². The molecule has 0 amide bonds. The van der Waals surface area contributed by atoms with Crippen LogP contribution in [0.1, 0.15) is 64.2 Å². The van der Waals surface area contributed by atoms with Gasteiger partial charge in [-0.15, -0.1) is 0 Å². The normalized spacial score (nSPS) is 23.1. The molecule has 6 fully saturated rings. The van der Waals surface area contributed by atoms with E-state index < -0.39 is 11.6 Å². The van der Waals surface area contributed by atoms with Crippen LogP contribution in [0.5, 0.6) is 12.0 Å². The van der Waals surface area contributed by atoms with Crippen molar-refractivity contribution in [3.8, 4) is 34.5 Å². The van der Waals surface area contributed by atoms with Crippen molar-refractivity contribution in [1.29, 1.82) is 0 Å². The first-order valence-electron chi connectivity index (χ1n) is 26.9. The topological polar surface area (TPSA) is 150 Å². The second-order valence-electron chi connectivity index (χ2n) is 21.4. The van der Waals surface area contributed by atoms with Crippen LogP contribution in [0.15, 0.2) is 85.2 Å². The van der Waals surface area contributed by atoms with Crippen LogP contribution >= 0.6 is 23.2 Å². The SMILES string of the molecule is Fc1c(-c2cccc3cccc(Cl)c23)ncc2c(N3CC4CCC(C3)N4)nc(OCC34CCCCN3CCC4)nc12.OCCCOc1nc(N2CC3CCC(C2)N3)c2cnc(-c3cccc4cccc(Cl)c34)c(F)c2n1. The third-order valence-corrected chi connectivity index (χ3v) is 17.2. The van der Waals surface area contributed by atoms with E-state index in [4.69, 9.17) is 47.8 Å². The fraction of sp³-hybridized carbons (Fsp3) is 0.414. The molecule has 3 N–H and O–H groups in total. The minimum atomic E-state index is -0.538. The number of ether oxygens (including phenoxy) is 2. The number of aliphatic hydroxyl groups excluding tert-OH is 1. The molecule has 392 valence electrons. The highest BCUT2D eigenvalue weighted by Gasteiger charge is 2.43. The first-order valence-corrected chi connectivity index (χ1v) is 27.7. The summed E-state index contributed by atoms with van der Waals surface area (Å²) in [7, 11) is 0. The average Bonchev–Trinajstić information content (AvgIpc) is 4.17. The van der Waals surface area contributed by atoms with Crippen molar-refractivity contribution in [3.05, 3.63) is 107 Å². The predicted molar refractivity (Wildman–Crippen MR) is 295 cm³/mol. The van der Waals surface area contributed by atoms with Crippen LogP contribution < -0.4 is 29.9 Å². The molecule has 6 aliphatic heterocycles. The largest absolute Gasteiger partial charge is 0.463 e. The van der Waals surface area contributed by atoms with Gasteiger partial charge in [0.15, 0.2) is 11.6 Å². The van der Waals surface area contributed by atoms with Gasteiger partial charge in [0.05, 0.1) is 22.9 Å². The van der Waals surface area contributed by atoms with E-state index in [1.807, 2.05) is 66.7 Å². The molecule has 8 aromatic rings. The quantitative estimate of drug-likeness (QED) is 0.105. The number of piperazine rings is 2. The van der Waals surface area contributed by atoms with Crippen LogP contribution in [-0.4, -0.2) is 129 Å². The van der Waals surface area contributed by atoms with Crippen LogP contribution in [0.25, 0.3) is 65.9 Å². The van der Waals surface area contributed by atoms with Crippen molar-refractivity contribution in [2.24, 2.45) is 0 Å². The molecule has 10 heterocycles. The number of halogens is 4. The van der Waals surface area contributed by atoms with Crippen molar-refractivity contribution in [2.45, 2.75) is 93.9 Å². The molecule has 5 unspecified atom stereocenters. The molecular weight excluding hydrogens is 1010 g/mol. The zero-order valence-corrected chi connectivity index (χ0v) is 43.6. The predicted octanol–water partition coefficient (Wildman–Crippen LogP) is 10.3. The van der Waals surface area contributed by atoms with E-state index in [-0.39, 0.29) is 53.2 Å². The van der Waals surface area contributed by atoms with Gasteiger partial charge < -0.3 is 35.0 Å². The fourth-order valence-electron chi connectivity index (χ4n) is 13.0. The molecule has 14 rings (SSSR count). The molecule has 0 spiro atoms. The molecule has 0 aliphatic carbocycles. The lowest BCUT2D eigenvalue weighted by Gasteiger charge is -2.41. The Labute approximate surface area is 449 Å². The molecule has 4 bridgehead atoms. The zero-order chi connectivity index (χ0) is 51.5. The Kier molecular flexibility index (Phi) is 13.4. The lowest BCUT2D eigenvalue weighted by molar-refractivity contribution is 0.0388. The smallest absolute Gasteiger partial charge is 0.319 e. The molecule has 6 aliphatic rings. The van der Waals surface area contributed by atoms with E-state index >= 15 is 8.78 Å². The number of hydrogen-bond donors (Lipinski definition) is 3. The molecule has 5 atom stereocenters. The monoisotopic (exact) mass is 1070 g/mol. The number of rotatable bonds is 11. The Balaban J connectivity index is 0.000000148. The van der Waals surface area contributed by atoms with Crippen LogP contribution in [0.4, 0.5) is 20.4 Å². The van der Waals surface area contributed by atoms with Gasteiger partial charge in [0.25, 0.3) is 0 Å². The van der Waals surface area contributed by atoms with Crippen LogP contribution in [0.3, 0.4) is 0 Å². The van der Waals surface area contributed by atoms with Gasteiger partial charge in [-0.3, -0.25) is 14.9 Å². The van der Waals surface area contributed by atoms with Gasteiger partial charge >= 0.3 is 12.0 Å². The Bertz CT molecular complexity index is 3490. The number of anilines is 2. The number of piperidine rings is 1. The average molecular weight is 1070 g/mol. The number of fused-ring (bicyclic) bond motifs is 9. The minimum absolute atomic E-state index is 0.00807. The maximum atomic E-state index is 16.6. The highest BCUT2D eigenvalue weighted by atomic mass is 35.5. The van der Waals surface area contributed by atoms with Crippen molar-refractivity contribution in [2.75, 3.05) is 68.9 Å². The van der Waals surface area contributed by atoms with Crippen molar-refractivity contribution in [1.82, 2.24) is 45.4 Å². The summed E-state index contributed by atoms with van der Waals surface area (Å²) in [6.45, 7) is 6.20. The summed E-state index contributed by atoms with van der Waals surface area (Å²) in [5.41, 5.74) is 2.12. The fourth-order valence-corrected chi connectivity index (χ4v) is 13.6. The van der Waals surface area contributed by atoms with Crippen molar-refractivity contribution < 1.29 is 23.4 Å². The highest BCUT2D eigenvalue weighted by molar-refractivity contribution is 6.37. The van der Waals surface area contributed by atoms with E-state index in [2.05, 4.69) is 45.3 Å². The zero-order valence-electron chi connectivity index (χ0n) is 42.1. The van der Waals surface area contributed by atoms with Crippen LogP contribution in [-0.2, 0) is 0 Å². The standard InChI is InChI=1S/C32H34ClFN6O.C26H25ClFN5O2/c33-25-9-4-7-20-6-3-8-23(26(20)25)28-27(34)29-24(16-35-28)30(39-17-21-10-11-22(18-39)36-21)38-31(37-29)41-19-32-12-1-2-14-40(32)15-5-13-32;27-20-7-2-5-15-4-1-6-18(21(15)20)23-22(28)24-19(12-29-23)25(32-26(31-24)35-11-3-10-34)33-13-16-8-9-17(14-33)30-16/h3-4,6-9,16,21-22,36H,1-2,5,10-15,17-19H2;1-2,4-7,12,16-17,30,34H,3,8-11,13-14H2. The molecule has 0 radical (unpaired) electrons. The molecule has 76 heavy (non-hydrogen) atoms. The summed E-state index contributed by atoms with van der Waals surface area (Å²) in [5.74, 6) is 0.326. The Morgan fingerprint density at radius 1 is 0.605 bits per heavy atom. The summed E-state index contributed by atoms with van der Waals surface area (Å²) in [4.78, 5) is 35.0. The highest BCUT2D eigenvalue weighted by Crippen LogP contribution is 2.42. The second-order valence-corrected chi connectivity index (χ2v) is 22.2. The van der Waals surface area contributed by atoms with Gasteiger partial charge in [-0.05, 0) is 87.4 Å². The van der Waals surface area contributed by atoms with Gasteiger partial charge in [-0.1, -0.05) is 90.3 Å². The van der Waals surface area contributed by atoms with E-state index in [9.17, 15) is 0 Å². The lowest BCUT2D eigenvalue weighted by Crippen LogP contribution is -2.52. The van der Waals surface area contributed by atoms with Gasteiger partial charge in [-0.25, -0.2) is 8.78 Å². The number of pyridine rings is 2. The number of aliphatic hydroxyl groups is 1. The summed E-state index contributed by atoms with van der Waals surface area (Å²) in [6, 6.07) is 24.6. The molecule has 4 aromatic heterocycles.